The van der Waals surface area contributed by atoms with Crippen LogP contribution < -0.4 is 5.73 Å². The van der Waals surface area contributed by atoms with Gasteiger partial charge in [0.1, 0.15) is 5.75 Å². The maximum absolute atomic E-state index is 9.19. The summed E-state index contributed by atoms with van der Waals surface area (Å²) in [5, 5.41) is 9.19. The lowest BCUT2D eigenvalue weighted by Gasteiger charge is -1.99. The van der Waals surface area contributed by atoms with Gasteiger partial charge in [-0.15, -0.1) is 47.3 Å². The van der Waals surface area contributed by atoms with Crippen LogP contribution in [0.25, 0.3) is 0 Å². The molecule has 2 nitrogen and oxygen atoms in total. The van der Waals surface area contributed by atoms with E-state index in [9.17, 15) is 5.11 Å². The number of hydrogen-bond acceptors (Lipinski definition) is 2. The first-order valence-corrected chi connectivity index (χ1v) is 6.71. The highest BCUT2D eigenvalue weighted by Crippen LogP contribution is 2.14. The van der Waals surface area contributed by atoms with E-state index in [1.807, 2.05) is 12.1 Å². The summed E-state index contributed by atoms with van der Waals surface area (Å²) < 4.78 is 0.271. The molecule has 78 valence electrons. The fourth-order valence-corrected chi connectivity index (χ4v) is 0.878. The summed E-state index contributed by atoms with van der Waals surface area (Å²) in [6.45, 7) is 0.581. The van der Waals surface area contributed by atoms with Gasteiger partial charge in [0.05, 0.1) is 0 Å². The number of hydrogen-bond donors (Lipinski definition) is 2. The van der Waals surface area contributed by atoms with Crippen molar-refractivity contribution in [2.75, 3.05) is 6.54 Å². The zero-order valence-electron chi connectivity index (χ0n) is 7.46. The normalized spacial score (nSPS) is 8.86. The predicted octanol–water partition coefficient (Wildman–Crippen LogP) is 3.05. The summed E-state index contributed by atoms with van der Waals surface area (Å²) in [5.41, 5.74) is 6.24. The molecule has 1 aromatic carbocycles. The third-order valence-corrected chi connectivity index (χ3v) is 1.41. The van der Waals surface area contributed by atoms with Gasteiger partial charge >= 0.3 is 3.18 Å². The van der Waals surface area contributed by atoms with Gasteiger partial charge in [-0.05, 0) is 24.6 Å². The largest absolute Gasteiger partial charge is 0.508 e. The topological polar surface area (TPSA) is 46.2 Å². The molecule has 0 saturated heterocycles. The molecule has 0 bridgehead atoms. The Bertz CT molecular complexity index is 257. The molecule has 0 spiro atoms. The van der Waals surface area contributed by atoms with Crippen molar-refractivity contribution in [3.05, 3.63) is 29.8 Å². The minimum atomic E-state index is 0.271. The Hall–Kier alpha value is 0.485. The Balaban J connectivity index is 0.000000364. The first kappa shape index (κ1) is 14.5. The van der Waals surface area contributed by atoms with Crippen LogP contribution in [0.2, 0.25) is 0 Å². The zero-order chi connectivity index (χ0) is 11.0. The Morgan fingerprint density at radius 1 is 1.21 bits per heavy atom. The van der Waals surface area contributed by atoms with E-state index < -0.39 is 0 Å². The SMILES string of the molecule is BrB(Br)Br.NCCc1ccccc1O. The van der Waals surface area contributed by atoms with E-state index >= 15 is 0 Å². The number of aromatic hydroxyl groups is 1. The van der Waals surface area contributed by atoms with Gasteiger partial charge in [-0.25, -0.2) is 0 Å². The molecule has 0 amide bonds. The minimum Gasteiger partial charge on any atom is -0.508 e. The quantitative estimate of drug-likeness (QED) is 0.766. The number of nitrogens with two attached hydrogens (primary N) is 1. The molecule has 0 aliphatic carbocycles. The molecule has 0 unspecified atom stereocenters. The van der Waals surface area contributed by atoms with E-state index in [0.717, 1.165) is 12.0 Å². The number of para-hydroxylation sites is 1. The molecule has 0 saturated carbocycles. The Morgan fingerprint density at radius 2 is 1.71 bits per heavy atom. The summed E-state index contributed by atoms with van der Waals surface area (Å²) in [5.74, 6) is 0.341. The molecule has 0 radical (unpaired) electrons. The maximum atomic E-state index is 9.19. The maximum Gasteiger partial charge on any atom is 0.369 e. The highest BCUT2D eigenvalue weighted by Gasteiger charge is 1.95. The molecule has 0 aliphatic rings. The van der Waals surface area contributed by atoms with E-state index in [-0.39, 0.29) is 3.18 Å². The lowest BCUT2D eigenvalue weighted by atomic mass is 10.1. The smallest absolute Gasteiger partial charge is 0.369 e. The van der Waals surface area contributed by atoms with Crippen LogP contribution in [-0.4, -0.2) is 14.8 Å². The molecule has 6 heteroatoms. The molecule has 1 rings (SSSR count). The van der Waals surface area contributed by atoms with Crippen molar-refractivity contribution >= 4 is 50.5 Å². The van der Waals surface area contributed by atoms with Crippen molar-refractivity contribution in [2.45, 2.75) is 6.42 Å². The fraction of sp³-hybridized carbons (Fsp3) is 0.250. The van der Waals surface area contributed by atoms with Crippen LogP contribution in [0.1, 0.15) is 5.56 Å². The highest BCUT2D eigenvalue weighted by molar-refractivity contribution is 9.69. The average Bonchev–Trinajstić information content (AvgIpc) is 2.08. The number of phenolic OH excluding ortho intramolecular Hbond substituents is 1. The number of phenols is 1. The van der Waals surface area contributed by atoms with E-state index in [1.165, 1.54) is 0 Å². The van der Waals surface area contributed by atoms with Crippen molar-refractivity contribution in [1.29, 1.82) is 0 Å². The lowest BCUT2D eigenvalue weighted by molar-refractivity contribution is 0.468. The number of benzene rings is 1. The molecular weight excluding hydrogens is 377 g/mol. The summed E-state index contributed by atoms with van der Waals surface area (Å²) in [6.07, 6.45) is 0.743. The summed E-state index contributed by atoms with van der Waals surface area (Å²) in [4.78, 5) is 0. The molecule has 0 heterocycles. The second kappa shape index (κ2) is 8.77. The second-order valence-electron chi connectivity index (χ2n) is 2.41. The van der Waals surface area contributed by atoms with Gasteiger partial charge in [0.2, 0.25) is 0 Å². The predicted molar refractivity (Wildman–Crippen MR) is 73.4 cm³/mol. The van der Waals surface area contributed by atoms with E-state index in [1.54, 1.807) is 12.1 Å². The van der Waals surface area contributed by atoms with Gasteiger partial charge in [0.15, 0.2) is 0 Å². The third kappa shape index (κ3) is 7.85. The van der Waals surface area contributed by atoms with Gasteiger partial charge in [-0.2, -0.15) is 0 Å². The molecule has 1 aromatic rings. The van der Waals surface area contributed by atoms with Gasteiger partial charge in [0, 0.05) is 0 Å². The third-order valence-electron chi connectivity index (χ3n) is 1.41. The van der Waals surface area contributed by atoms with Crippen molar-refractivity contribution in [3.8, 4) is 5.75 Å². The molecule has 0 fully saturated rings. The first-order valence-electron chi connectivity index (χ1n) is 3.97. The molecule has 0 aromatic heterocycles. The van der Waals surface area contributed by atoms with E-state index in [4.69, 9.17) is 5.73 Å². The Labute approximate surface area is 109 Å². The summed E-state index contributed by atoms with van der Waals surface area (Å²) >= 11 is 9.31. The standard InChI is InChI=1S/C8H11NO.BBr3/c9-6-5-7-3-1-2-4-8(7)10;2-1(3)4/h1-4,10H,5-6,9H2;. The molecular formula is C8H11BBr3NO. The van der Waals surface area contributed by atoms with Crippen molar-refractivity contribution in [3.63, 3.8) is 0 Å². The summed E-state index contributed by atoms with van der Waals surface area (Å²) in [7, 11) is 0. The second-order valence-corrected chi connectivity index (χ2v) is 8.85. The van der Waals surface area contributed by atoms with Crippen LogP contribution >= 0.6 is 47.3 Å². The van der Waals surface area contributed by atoms with Gasteiger partial charge in [-0.3, -0.25) is 0 Å². The Kier molecular flexibility index (Phi) is 9.07. The van der Waals surface area contributed by atoms with Crippen LogP contribution in [0.5, 0.6) is 5.75 Å². The van der Waals surface area contributed by atoms with Gasteiger partial charge < -0.3 is 10.8 Å². The van der Waals surface area contributed by atoms with Crippen molar-refractivity contribution in [1.82, 2.24) is 0 Å². The van der Waals surface area contributed by atoms with Crippen LogP contribution in [0.3, 0.4) is 0 Å². The average molecular weight is 388 g/mol. The highest BCUT2D eigenvalue weighted by atomic mass is 79.9. The fourth-order valence-electron chi connectivity index (χ4n) is 0.878. The molecule has 0 aliphatic heterocycles. The Morgan fingerprint density at radius 3 is 2.14 bits per heavy atom. The van der Waals surface area contributed by atoms with Crippen LogP contribution in [0, 0.1) is 0 Å². The lowest BCUT2D eigenvalue weighted by Crippen LogP contribution is -2.02. The van der Waals surface area contributed by atoms with E-state index in [2.05, 4.69) is 47.3 Å². The van der Waals surface area contributed by atoms with Crippen LogP contribution in [-0.2, 0) is 6.42 Å². The van der Waals surface area contributed by atoms with Crippen LogP contribution in [0.4, 0.5) is 0 Å². The monoisotopic (exact) mass is 385 g/mol. The van der Waals surface area contributed by atoms with Gasteiger partial charge in [-0.1, -0.05) is 18.2 Å². The zero-order valence-corrected chi connectivity index (χ0v) is 12.2. The van der Waals surface area contributed by atoms with Crippen LogP contribution in [0.15, 0.2) is 24.3 Å². The molecule has 14 heavy (non-hydrogen) atoms. The summed E-state index contributed by atoms with van der Waals surface area (Å²) in [6, 6.07) is 7.24. The first-order chi connectivity index (χ1) is 6.57. The minimum absolute atomic E-state index is 0.271. The van der Waals surface area contributed by atoms with Crippen molar-refractivity contribution in [2.24, 2.45) is 5.73 Å². The number of halogens is 3. The van der Waals surface area contributed by atoms with E-state index in [0.29, 0.717) is 12.3 Å². The number of rotatable bonds is 2. The van der Waals surface area contributed by atoms with Crippen molar-refractivity contribution < 1.29 is 5.11 Å². The van der Waals surface area contributed by atoms with Gasteiger partial charge in [0.25, 0.3) is 0 Å². The molecule has 3 N–H and O–H groups in total. The molecule has 0 atom stereocenters.